The van der Waals surface area contributed by atoms with Gasteiger partial charge in [-0.05, 0) is 42.6 Å². The molecule has 0 spiro atoms. The van der Waals surface area contributed by atoms with Crippen molar-refractivity contribution >= 4 is 16.8 Å². The molecule has 1 amide bonds. The summed E-state index contributed by atoms with van der Waals surface area (Å²) in [5.74, 6) is 0.888. The van der Waals surface area contributed by atoms with Crippen LogP contribution in [0.25, 0.3) is 10.9 Å². The fourth-order valence-electron chi connectivity index (χ4n) is 3.26. The van der Waals surface area contributed by atoms with Gasteiger partial charge in [0.2, 0.25) is 0 Å². The van der Waals surface area contributed by atoms with Gasteiger partial charge in [-0.1, -0.05) is 6.07 Å². The number of aromatic nitrogens is 2. The lowest BCUT2D eigenvalue weighted by Gasteiger charge is -2.32. The summed E-state index contributed by atoms with van der Waals surface area (Å²) in [6, 6.07) is 11.7. The van der Waals surface area contributed by atoms with Crippen LogP contribution in [-0.2, 0) is 0 Å². The van der Waals surface area contributed by atoms with Gasteiger partial charge in [-0.25, -0.2) is 0 Å². The normalized spacial score (nSPS) is 15.5. The number of fused-ring (bicyclic) bond motifs is 1. The van der Waals surface area contributed by atoms with Crippen molar-refractivity contribution < 1.29 is 9.53 Å². The highest BCUT2D eigenvalue weighted by atomic mass is 16.5. The lowest BCUT2D eigenvalue weighted by Crippen LogP contribution is -2.41. The Morgan fingerprint density at radius 2 is 2.04 bits per heavy atom. The molecule has 5 nitrogen and oxygen atoms in total. The largest absolute Gasteiger partial charge is 0.489 e. The van der Waals surface area contributed by atoms with Gasteiger partial charge in [0.1, 0.15) is 11.9 Å². The molecule has 0 bridgehead atoms. The summed E-state index contributed by atoms with van der Waals surface area (Å²) < 4.78 is 5.99. The molecule has 1 saturated heterocycles. The number of ether oxygens (including phenoxy) is 1. The second kappa shape index (κ2) is 6.59. The van der Waals surface area contributed by atoms with Crippen LogP contribution >= 0.6 is 0 Å². The number of likely N-dealkylation sites (tertiary alicyclic amines) is 1. The Kier molecular flexibility index (Phi) is 4.14. The smallest absolute Gasteiger partial charge is 0.253 e. The Morgan fingerprint density at radius 3 is 2.80 bits per heavy atom. The van der Waals surface area contributed by atoms with Crippen molar-refractivity contribution in [3.63, 3.8) is 0 Å². The summed E-state index contributed by atoms with van der Waals surface area (Å²) in [5, 5.41) is 1.12. The van der Waals surface area contributed by atoms with E-state index in [9.17, 15) is 4.79 Å². The third-order valence-corrected chi connectivity index (χ3v) is 4.72. The third-order valence-electron chi connectivity index (χ3n) is 4.72. The molecular formula is C20H21N3O2. The number of pyridine rings is 1. The molecule has 3 aromatic rings. The maximum Gasteiger partial charge on any atom is 0.253 e. The molecule has 1 fully saturated rings. The maximum absolute atomic E-state index is 12.7. The molecule has 25 heavy (non-hydrogen) atoms. The van der Waals surface area contributed by atoms with E-state index in [1.54, 1.807) is 6.20 Å². The van der Waals surface area contributed by atoms with Crippen molar-refractivity contribution in [3.05, 3.63) is 60.0 Å². The van der Waals surface area contributed by atoms with Crippen LogP contribution < -0.4 is 4.74 Å². The van der Waals surface area contributed by atoms with E-state index in [0.717, 1.165) is 40.8 Å². The molecular weight excluding hydrogens is 314 g/mol. The van der Waals surface area contributed by atoms with E-state index in [-0.39, 0.29) is 12.0 Å². The predicted molar refractivity (Wildman–Crippen MR) is 96.8 cm³/mol. The molecule has 0 unspecified atom stereocenters. The van der Waals surface area contributed by atoms with Crippen molar-refractivity contribution in [2.24, 2.45) is 0 Å². The Bertz CT molecular complexity index is 877. The van der Waals surface area contributed by atoms with E-state index in [0.29, 0.717) is 13.1 Å². The number of H-pyrrole nitrogens is 1. The Labute approximate surface area is 146 Å². The first-order valence-corrected chi connectivity index (χ1v) is 8.65. The summed E-state index contributed by atoms with van der Waals surface area (Å²) >= 11 is 0. The molecule has 0 saturated carbocycles. The number of piperidine rings is 1. The summed E-state index contributed by atoms with van der Waals surface area (Å²) in [4.78, 5) is 22.1. The van der Waals surface area contributed by atoms with E-state index >= 15 is 0 Å². The number of aryl methyl sites for hydroxylation is 1. The Balaban J connectivity index is 1.37. The SMILES string of the molecule is Cc1ccc(OC2CCN(C(=O)c3ccc4cc[nH]c4c3)CC2)cn1. The van der Waals surface area contributed by atoms with E-state index < -0.39 is 0 Å². The molecule has 1 aliphatic heterocycles. The molecule has 0 atom stereocenters. The minimum Gasteiger partial charge on any atom is -0.489 e. The number of carbonyl (C=O) groups is 1. The van der Waals surface area contributed by atoms with Crippen LogP contribution in [0, 0.1) is 6.92 Å². The van der Waals surface area contributed by atoms with Crippen LogP contribution in [-0.4, -0.2) is 40.0 Å². The molecule has 4 rings (SSSR count). The van der Waals surface area contributed by atoms with Crippen LogP contribution in [0.15, 0.2) is 48.8 Å². The molecule has 0 radical (unpaired) electrons. The number of rotatable bonds is 3. The van der Waals surface area contributed by atoms with E-state index in [1.807, 2.05) is 54.4 Å². The Hall–Kier alpha value is -2.82. The molecule has 128 valence electrons. The van der Waals surface area contributed by atoms with Crippen molar-refractivity contribution in [3.8, 4) is 5.75 Å². The van der Waals surface area contributed by atoms with E-state index in [4.69, 9.17) is 4.74 Å². The molecule has 1 N–H and O–H groups in total. The van der Waals surface area contributed by atoms with Crippen LogP contribution in [0.1, 0.15) is 28.9 Å². The minimum absolute atomic E-state index is 0.0898. The van der Waals surface area contributed by atoms with Crippen molar-refractivity contribution in [2.75, 3.05) is 13.1 Å². The first-order chi connectivity index (χ1) is 12.2. The van der Waals surface area contributed by atoms with Gasteiger partial charge < -0.3 is 14.6 Å². The van der Waals surface area contributed by atoms with E-state index in [2.05, 4.69) is 9.97 Å². The average molecular weight is 335 g/mol. The molecule has 0 aliphatic carbocycles. The van der Waals surface area contributed by atoms with E-state index in [1.165, 1.54) is 0 Å². The van der Waals surface area contributed by atoms with Crippen molar-refractivity contribution in [2.45, 2.75) is 25.9 Å². The second-order valence-corrected chi connectivity index (χ2v) is 6.52. The summed E-state index contributed by atoms with van der Waals surface area (Å²) in [5.41, 5.74) is 2.71. The van der Waals surface area contributed by atoms with Gasteiger partial charge in [0.15, 0.2) is 0 Å². The fourth-order valence-corrected chi connectivity index (χ4v) is 3.26. The topological polar surface area (TPSA) is 58.2 Å². The molecule has 5 heteroatoms. The number of amides is 1. The minimum atomic E-state index is 0.0898. The lowest BCUT2D eigenvalue weighted by molar-refractivity contribution is 0.0595. The fraction of sp³-hybridized carbons (Fsp3) is 0.300. The average Bonchev–Trinajstić information content (AvgIpc) is 3.11. The van der Waals surface area contributed by atoms with Gasteiger partial charge in [0, 0.05) is 48.9 Å². The predicted octanol–water partition coefficient (Wildman–Crippen LogP) is 3.55. The zero-order chi connectivity index (χ0) is 17.2. The number of aromatic amines is 1. The van der Waals surface area contributed by atoms with Gasteiger partial charge >= 0.3 is 0 Å². The van der Waals surface area contributed by atoms with Gasteiger partial charge in [0.25, 0.3) is 5.91 Å². The summed E-state index contributed by atoms with van der Waals surface area (Å²) in [7, 11) is 0. The van der Waals surface area contributed by atoms with Gasteiger partial charge in [0.05, 0.1) is 6.20 Å². The monoisotopic (exact) mass is 335 g/mol. The zero-order valence-corrected chi connectivity index (χ0v) is 14.2. The van der Waals surface area contributed by atoms with Crippen molar-refractivity contribution in [1.82, 2.24) is 14.9 Å². The maximum atomic E-state index is 12.7. The van der Waals surface area contributed by atoms with Crippen LogP contribution in [0.2, 0.25) is 0 Å². The molecule has 1 aliphatic rings. The van der Waals surface area contributed by atoms with Crippen LogP contribution in [0.5, 0.6) is 5.75 Å². The van der Waals surface area contributed by atoms with Gasteiger partial charge in [-0.2, -0.15) is 0 Å². The van der Waals surface area contributed by atoms with Gasteiger partial charge in [-0.15, -0.1) is 0 Å². The molecule has 1 aromatic carbocycles. The number of carbonyl (C=O) groups excluding carboxylic acids is 1. The first-order valence-electron chi connectivity index (χ1n) is 8.65. The van der Waals surface area contributed by atoms with Crippen molar-refractivity contribution in [1.29, 1.82) is 0 Å². The lowest BCUT2D eigenvalue weighted by atomic mass is 10.1. The number of hydrogen-bond donors (Lipinski definition) is 1. The van der Waals surface area contributed by atoms with Crippen LogP contribution in [0.3, 0.4) is 0 Å². The Morgan fingerprint density at radius 1 is 1.20 bits per heavy atom. The third kappa shape index (κ3) is 3.36. The standard InChI is InChI=1S/C20H21N3O2/c1-14-2-5-18(13-22-14)25-17-7-10-23(11-8-17)20(24)16-4-3-15-6-9-21-19(15)12-16/h2-6,9,12-13,17,21H,7-8,10-11H2,1H3. The quantitative estimate of drug-likeness (QED) is 0.796. The number of benzene rings is 1. The second-order valence-electron chi connectivity index (χ2n) is 6.52. The summed E-state index contributed by atoms with van der Waals surface area (Å²) in [6.07, 6.45) is 5.47. The van der Waals surface area contributed by atoms with Crippen LogP contribution in [0.4, 0.5) is 0 Å². The highest BCUT2D eigenvalue weighted by molar-refractivity contribution is 5.98. The van der Waals surface area contributed by atoms with Gasteiger partial charge in [-0.3, -0.25) is 9.78 Å². The number of nitrogens with zero attached hydrogens (tertiary/aromatic N) is 2. The molecule has 3 heterocycles. The number of nitrogens with one attached hydrogen (secondary N) is 1. The highest BCUT2D eigenvalue weighted by Crippen LogP contribution is 2.21. The number of hydrogen-bond acceptors (Lipinski definition) is 3. The summed E-state index contributed by atoms with van der Waals surface area (Å²) in [6.45, 7) is 3.38. The first kappa shape index (κ1) is 15.7. The zero-order valence-electron chi connectivity index (χ0n) is 14.2. The highest BCUT2D eigenvalue weighted by Gasteiger charge is 2.25. The molecule has 2 aromatic heterocycles.